The predicted octanol–water partition coefficient (Wildman–Crippen LogP) is 0.685. The molecule has 0 heterocycles. The predicted molar refractivity (Wildman–Crippen MR) is 44.3 cm³/mol. The zero-order chi connectivity index (χ0) is 10.8. The average Bonchev–Trinajstić information content (AvgIpc) is 2.06. The van der Waals surface area contributed by atoms with Crippen LogP contribution in [0.15, 0.2) is 18.2 Å². The van der Waals surface area contributed by atoms with Crippen LogP contribution in [0.25, 0.3) is 0 Å². The van der Waals surface area contributed by atoms with Crippen molar-refractivity contribution in [3.05, 3.63) is 35.4 Å². The van der Waals surface area contributed by atoms with Gasteiger partial charge < -0.3 is 0 Å². The summed E-state index contributed by atoms with van der Waals surface area (Å²) in [5.41, 5.74) is 0.179. The van der Waals surface area contributed by atoms with Gasteiger partial charge in [0.25, 0.3) is 0 Å². The molecule has 0 aliphatic heterocycles. The Morgan fingerprint density at radius 2 is 1.93 bits per heavy atom. The summed E-state index contributed by atoms with van der Waals surface area (Å²) in [5.74, 6) is -2.08. The summed E-state index contributed by atoms with van der Waals surface area (Å²) in [6.07, 6.45) is 0. The molecule has 0 aromatic heterocycles. The third-order valence-electron chi connectivity index (χ3n) is 1.37. The van der Waals surface area contributed by atoms with E-state index in [-0.39, 0.29) is 5.56 Å². The van der Waals surface area contributed by atoms with Crippen LogP contribution in [0, 0.1) is 11.6 Å². The molecule has 1 rings (SSSR count). The Morgan fingerprint density at radius 1 is 1.29 bits per heavy atom. The molecule has 0 unspecified atom stereocenters. The quantitative estimate of drug-likeness (QED) is 0.819. The van der Waals surface area contributed by atoms with Crippen LogP contribution in [0.2, 0.25) is 0 Å². The lowest BCUT2D eigenvalue weighted by Crippen LogP contribution is -2.15. The Kier molecular flexibility index (Phi) is 3.14. The van der Waals surface area contributed by atoms with Gasteiger partial charge in [-0.05, 0) is 17.7 Å². The monoisotopic (exact) mass is 223 g/mol. The minimum atomic E-state index is -4.06. The number of rotatable bonds is 3. The second-order valence-electron chi connectivity index (χ2n) is 2.50. The molecule has 2 N–H and O–H groups in total. The number of hydrogen-bond donors (Lipinski definition) is 1. The van der Waals surface area contributed by atoms with Gasteiger partial charge in [-0.25, -0.2) is 13.9 Å². The van der Waals surface area contributed by atoms with Gasteiger partial charge in [0.15, 0.2) is 11.6 Å². The molecule has 0 amide bonds. The van der Waals surface area contributed by atoms with Crippen LogP contribution in [0.5, 0.6) is 0 Å². The van der Waals surface area contributed by atoms with Gasteiger partial charge in [-0.3, -0.25) is 4.18 Å². The van der Waals surface area contributed by atoms with Gasteiger partial charge in [0, 0.05) is 0 Å². The van der Waals surface area contributed by atoms with E-state index in [0.29, 0.717) is 0 Å². The van der Waals surface area contributed by atoms with E-state index in [1.807, 2.05) is 0 Å². The van der Waals surface area contributed by atoms with Crippen molar-refractivity contribution in [2.24, 2.45) is 5.14 Å². The standard InChI is InChI=1S/C7H7F2NO3S/c8-6-2-1-5(3-7(6)9)4-13-14(10,11)12/h1-3H,4H2,(H2,10,11,12). The summed E-state index contributed by atoms with van der Waals surface area (Å²) in [5, 5.41) is 4.53. The number of halogens is 2. The molecule has 1 aromatic rings. The highest BCUT2D eigenvalue weighted by Gasteiger charge is 2.06. The highest BCUT2D eigenvalue weighted by Crippen LogP contribution is 2.09. The van der Waals surface area contributed by atoms with Crippen molar-refractivity contribution in [2.75, 3.05) is 0 Å². The van der Waals surface area contributed by atoms with Crippen molar-refractivity contribution in [1.82, 2.24) is 0 Å². The lowest BCUT2D eigenvalue weighted by atomic mass is 10.2. The van der Waals surface area contributed by atoms with E-state index < -0.39 is 28.5 Å². The van der Waals surface area contributed by atoms with E-state index in [1.54, 1.807) is 0 Å². The maximum Gasteiger partial charge on any atom is 0.333 e. The normalized spacial score (nSPS) is 11.6. The molecule has 0 saturated carbocycles. The van der Waals surface area contributed by atoms with Crippen molar-refractivity contribution in [1.29, 1.82) is 0 Å². The van der Waals surface area contributed by atoms with Gasteiger partial charge in [-0.1, -0.05) is 6.07 Å². The largest absolute Gasteiger partial charge is 0.333 e. The maximum atomic E-state index is 12.6. The highest BCUT2D eigenvalue weighted by atomic mass is 32.2. The molecule has 0 aliphatic carbocycles. The summed E-state index contributed by atoms with van der Waals surface area (Å²) in [4.78, 5) is 0. The van der Waals surface area contributed by atoms with Gasteiger partial charge in [0.1, 0.15) is 0 Å². The van der Waals surface area contributed by atoms with E-state index >= 15 is 0 Å². The molecule has 14 heavy (non-hydrogen) atoms. The Hall–Kier alpha value is -1.05. The van der Waals surface area contributed by atoms with Gasteiger partial charge in [-0.2, -0.15) is 8.42 Å². The van der Waals surface area contributed by atoms with Crippen LogP contribution in [-0.2, 0) is 21.1 Å². The lowest BCUT2D eigenvalue weighted by molar-refractivity contribution is 0.307. The van der Waals surface area contributed by atoms with E-state index in [4.69, 9.17) is 0 Å². The first kappa shape index (κ1) is 11.0. The first-order valence-corrected chi connectivity index (χ1v) is 4.97. The molecule has 78 valence electrons. The Bertz CT molecular complexity index is 433. The molecule has 0 radical (unpaired) electrons. The van der Waals surface area contributed by atoms with Gasteiger partial charge in [-0.15, -0.1) is 0 Å². The van der Waals surface area contributed by atoms with Crippen molar-refractivity contribution in [3.63, 3.8) is 0 Å². The fraction of sp³-hybridized carbons (Fsp3) is 0.143. The van der Waals surface area contributed by atoms with Crippen molar-refractivity contribution >= 4 is 10.3 Å². The molecule has 0 spiro atoms. The molecule has 0 fully saturated rings. The summed E-state index contributed by atoms with van der Waals surface area (Å²) in [7, 11) is -4.06. The second-order valence-corrected chi connectivity index (χ2v) is 3.72. The van der Waals surface area contributed by atoms with Gasteiger partial charge in [0.05, 0.1) is 6.61 Å². The summed E-state index contributed by atoms with van der Waals surface area (Å²) in [6, 6.07) is 2.90. The molecular formula is C7H7F2NO3S. The van der Waals surface area contributed by atoms with E-state index in [0.717, 1.165) is 12.1 Å². The van der Waals surface area contributed by atoms with Crippen LogP contribution in [0.4, 0.5) is 8.78 Å². The van der Waals surface area contributed by atoms with Gasteiger partial charge in [0.2, 0.25) is 0 Å². The van der Waals surface area contributed by atoms with Crippen molar-refractivity contribution < 1.29 is 21.4 Å². The van der Waals surface area contributed by atoms with Crippen LogP contribution < -0.4 is 5.14 Å². The number of nitrogens with two attached hydrogens (primary N) is 1. The van der Waals surface area contributed by atoms with Crippen molar-refractivity contribution in [3.8, 4) is 0 Å². The lowest BCUT2D eigenvalue weighted by Gasteiger charge is -2.01. The topological polar surface area (TPSA) is 69.4 Å². The first-order valence-electron chi connectivity index (χ1n) is 3.49. The van der Waals surface area contributed by atoms with Crippen molar-refractivity contribution in [2.45, 2.75) is 6.61 Å². The number of benzene rings is 1. The maximum absolute atomic E-state index is 12.6. The first-order chi connectivity index (χ1) is 6.38. The van der Waals surface area contributed by atoms with Crippen LogP contribution in [-0.4, -0.2) is 8.42 Å². The SMILES string of the molecule is NS(=O)(=O)OCc1ccc(F)c(F)c1. The fourth-order valence-corrected chi connectivity index (χ4v) is 1.08. The summed E-state index contributed by atoms with van der Waals surface area (Å²) >= 11 is 0. The molecule has 0 atom stereocenters. The molecule has 0 aliphatic rings. The smallest absolute Gasteiger partial charge is 0.253 e. The van der Waals surface area contributed by atoms with E-state index in [2.05, 4.69) is 9.32 Å². The average molecular weight is 223 g/mol. The van der Waals surface area contributed by atoms with Gasteiger partial charge >= 0.3 is 10.3 Å². The molecule has 7 heteroatoms. The zero-order valence-corrected chi connectivity index (χ0v) is 7.72. The van der Waals surface area contributed by atoms with Crippen LogP contribution in [0.1, 0.15) is 5.56 Å². The molecule has 0 bridgehead atoms. The summed E-state index contributed by atoms with van der Waals surface area (Å²) < 4.78 is 49.9. The third kappa shape index (κ3) is 3.36. The molecular weight excluding hydrogens is 216 g/mol. The highest BCUT2D eigenvalue weighted by molar-refractivity contribution is 7.84. The Labute approximate surface area is 79.6 Å². The minimum absolute atomic E-state index is 0.179. The van der Waals surface area contributed by atoms with E-state index in [1.165, 1.54) is 6.07 Å². The van der Waals surface area contributed by atoms with Crippen LogP contribution in [0.3, 0.4) is 0 Å². The fourth-order valence-electron chi connectivity index (χ4n) is 0.780. The molecule has 4 nitrogen and oxygen atoms in total. The summed E-state index contributed by atoms with van der Waals surface area (Å²) in [6.45, 7) is -0.421. The molecule has 0 saturated heterocycles. The Balaban J connectivity index is 2.74. The van der Waals surface area contributed by atoms with Crippen LogP contribution >= 0.6 is 0 Å². The number of hydrogen-bond acceptors (Lipinski definition) is 3. The zero-order valence-electron chi connectivity index (χ0n) is 6.91. The molecule has 1 aromatic carbocycles. The minimum Gasteiger partial charge on any atom is -0.253 e. The Morgan fingerprint density at radius 3 is 2.43 bits per heavy atom. The second kappa shape index (κ2) is 3.99. The van der Waals surface area contributed by atoms with E-state index in [9.17, 15) is 17.2 Å². The third-order valence-corrected chi connectivity index (χ3v) is 1.82.